The van der Waals surface area contributed by atoms with Crippen molar-refractivity contribution in [2.75, 3.05) is 35.3 Å². The van der Waals surface area contributed by atoms with E-state index in [1.807, 2.05) is 37.4 Å². The number of hydrogen-bond acceptors (Lipinski definition) is 6. The Kier molecular flexibility index (Phi) is 9.71. The van der Waals surface area contributed by atoms with E-state index < -0.39 is 11.2 Å². The predicted molar refractivity (Wildman–Crippen MR) is 129 cm³/mol. The van der Waals surface area contributed by atoms with Gasteiger partial charge in [-0.2, -0.15) is 0 Å². The molecule has 9 heteroatoms. The third kappa shape index (κ3) is 6.92. The second-order valence-corrected chi connectivity index (χ2v) is 8.29. The summed E-state index contributed by atoms with van der Waals surface area (Å²) >= 11 is 1.59. The summed E-state index contributed by atoms with van der Waals surface area (Å²) in [4.78, 5) is 42.8. The molecular weight excluding hydrogens is 414 g/mol. The van der Waals surface area contributed by atoms with Crippen molar-refractivity contribution in [2.45, 2.75) is 57.4 Å². The summed E-state index contributed by atoms with van der Waals surface area (Å²) in [6, 6.07) is 7.57. The summed E-state index contributed by atoms with van der Waals surface area (Å²) in [5, 5.41) is 2.89. The molecule has 2 aromatic rings. The van der Waals surface area contributed by atoms with E-state index in [0.29, 0.717) is 18.8 Å². The highest BCUT2D eigenvalue weighted by Crippen LogP contribution is 2.20. The van der Waals surface area contributed by atoms with Crippen molar-refractivity contribution >= 4 is 34.9 Å². The Hall–Kier alpha value is -2.68. The number of nitrogen functional groups attached to an aromatic ring is 1. The van der Waals surface area contributed by atoms with Crippen LogP contribution in [0.1, 0.15) is 46.0 Å². The summed E-state index contributed by atoms with van der Waals surface area (Å²) in [6.45, 7) is 4.97. The number of unbranched alkanes of at least 4 members (excludes halogenated alkanes) is 3. The normalized spacial score (nSPS) is 10.8. The van der Waals surface area contributed by atoms with Gasteiger partial charge in [0, 0.05) is 23.7 Å². The van der Waals surface area contributed by atoms with E-state index in [-0.39, 0.29) is 24.0 Å². The number of rotatable bonds is 12. The third-order valence-corrected chi connectivity index (χ3v) is 5.71. The highest BCUT2D eigenvalue weighted by molar-refractivity contribution is 7.98. The van der Waals surface area contributed by atoms with Gasteiger partial charge >= 0.3 is 5.69 Å². The van der Waals surface area contributed by atoms with Crippen LogP contribution in [0, 0.1) is 0 Å². The van der Waals surface area contributed by atoms with Crippen LogP contribution < -0.4 is 27.2 Å². The van der Waals surface area contributed by atoms with Crippen molar-refractivity contribution in [3.8, 4) is 0 Å². The van der Waals surface area contributed by atoms with Gasteiger partial charge in [-0.1, -0.05) is 39.2 Å². The average molecular weight is 448 g/mol. The van der Waals surface area contributed by atoms with E-state index in [9.17, 15) is 14.4 Å². The Labute approximate surface area is 187 Å². The van der Waals surface area contributed by atoms with Crippen LogP contribution in [0.15, 0.2) is 38.8 Å². The van der Waals surface area contributed by atoms with Crippen molar-refractivity contribution in [3.63, 3.8) is 0 Å². The maximum Gasteiger partial charge on any atom is 0.330 e. The van der Waals surface area contributed by atoms with Gasteiger partial charge in [-0.3, -0.25) is 19.1 Å². The summed E-state index contributed by atoms with van der Waals surface area (Å²) in [7, 11) is 0. The lowest BCUT2D eigenvalue weighted by Crippen LogP contribution is -2.42. The number of carbonyl (C=O) groups is 1. The topological polar surface area (TPSA) is 113 Å². The van der Waals surface area contributed by atoms with Crippen LogP contribution in [-0.2, 0) is 11.3 Å². The zero-order valence-electron chi connectivity index (χ0n) is 18.6. The van der Waals surface area contributed by atoms with Crippen molar-refractivity contribution in [3.05, 3.63) is 45.1 Å². The number of thioether (sulfide) groups is 1. The zero-order chi connectivity index (χ0) is 22.8. The number of anilines is 3. The Morgan fingerprint density at radius 3 is 2.61 bits per heavy atom. The van der Waals surface area contributed by atoms with Gasteiger partial charge in [-0.05, 0) is 37.3 Å². The minimum Gasteiger partial charge on any atom is -0.383 e. The molecule has 170 valence electrons. The molecule has 0 saturated carbocycles. The minimum absolute atomic E-state index is 0.0352. The molecular formula is C22H33N5O3S. The molecule has 8 nitrogen and oxygen atoms in total. The molecule has 4 N–H and O–H groups in total. The second-order valence-electron chi connectivity index (χ2n) is 7.41. The number of carbonyl (C=O) groups excluding carboxylic acids is 1. The molecule has 0 aliphatic rings. The van der Waals surface area contributed by atoms with Gasteiger partial charge in [0.25, 0.3) is 5.56 Å². The molecule has 1 amide bonds. The van der Waals surface area contributed by atoms with Gasteiger partial charge in [0.2, 0.25) is 5.91 Å². The second kappa shape index (κ2) is 12.2. The lowest BCUT2D eigenvalue weighted by Gasteiger charge is -2.25. The molecule has 0 bridgehead atoms. The number of aromatic nitrogens is 2. The Morgan fingerprint density at radius 1 is 1.19 bits per heavy atom. The van der Waals surface area contributed by atoms with Crippen molar-refractivity contribution in [2.24, 2.45) is 0 Å². The largest absolute Gasteiger partial charge is 0.383 e. The van der Waals surface area contributed by atoms with E-state index in [0.717, 1.165) is 37.0 Å². The zero-order valence-corrected chi connectivity index (χ0v) is 19.4. The number of nitrogens with zero attached hydrogens (tertiary/aromatic N) is 2. The quantitative estimate of drug-likeness (QED) is 0.340. The Morgan fingerprint density at radius 2 is 1.94 bits per heavy atom. The van der Waals surface area contributed by atoms with Crippen LogP contribution in [0.2, 0.25) is 0 Å². The van der Waals surface area contributed by atoms with Crippen LogP contribution in [0.3, 0.4) is 0 Å². The van der Waals surface area contributed by atoms with E-state index in [1.165, 1.54) is 4.57 Å². The van der Waals surface area contributed by atoms with Gasteiger partial charge in [-0.25, -0.2) is 4.79 Å². The monoisotopic (exact) mass is 447 g/mol. The third-order valence-electron chi connectivity index (χ3n) is 4.99. The molecule has 0 spiro atoms. The first-order valence-electron chi connectivity index (χ1n) is 10.7. The highest BCUT2D eigenvalue weighted by atomic mass is 32.2. The molecule has 0 unspecified atom stereocenters. The smallest absolute Gasteiger partial charge is 0.330 e. The lowest BCUT2D eigenvalue weighted by atomic mass is 10.2. The maximum atomic E-state index is 12.8. The number of hydrogen-bond donors (Lipinski definition) is 3. The molecule has 31 heavy (non-hydrogen) atoms. The van der Waals surface area contributed by atoms with Crippen LogP contribution in [0.25, 0.3) is 0 Å². The fraction of sp³-hybridized carbons (Fsp3) is 0.500. The fourth-order valence-corrected chi connectivity index (χ4v) is 3.78. The van der Waals surface area contributed by atoms with Crippen molar-refractivity contribution < 1.29 is 4.79 Å². The summed E-state index contributed by atoms with van der Waals surface area (Å²) < 4.78 is 1.38. The summed E-state index contributed by atoms with van der Waals surface area (Å²) in [5.74, 6) is -0.143. The molecule has 0 aliphatic heterocycles. The summed E-state index contributed by atoms with van der Waals surface area (Å²) in [6.07, 6.45) is 6.39. The molecule has 1 heterocycles. The summed E-state index contributed by atoms with van der Waals surface area (Å²) in [5.41, 5.74) is 6.05. The molecule has 0 fully saturated rings. The average Bonchev–Trinajstić information content (AvgIpc) is 2.73. The molecule has 0 radical (unpaired) electrons. The number of aromatic amines is 1. The van der Waals surface area contributed by atoms with Gasteiger partial charge in [0.15, 0.2) is 0 Å². The molecule has 2 rings (SSSR count). The van der Waals surface area contributed by atoms with Gasteiger partial charge < -0.3 is 16.0 Å². The van der Waals surface area contributed by atoms with Gasteiger partial charge in [0.1, 0.15) is 11.5 Å². The number of amides is 1. The predicted octanol–water partition coefficient (Wildman–Crippen LogP) is 3.28. The molecule has 0 aliphatic carbocycles. The highest BCUT2D eigenvalue weighted by Gasteiger charge is 2.21. The van der Waals surface area contributed by atoms with Crippen molar-refractivity contribution in [1.82, 2.24) is 9.55 Å². The molecule has 1 aromatic heterocycles. The van der Waals surface area contributed by atoms with E-state index in [4.69, 9.17) is 5.73 Å². The molecule has 0 atom stereocenters. The Bertz CT molecular complexity index is 986. The fourth-order valence-electron chi connectivity index (χ4n) is 3.32. The number of benzene rings is 1. The van der Waals surface area contributed by atoms with Crippen molar-refractivity contribution in [1.29, 1.82) is 0 Å². The Balaban J connectivity index is 2.32. The van der Waals surface area contributed by atoms with E-state index in [2.05, 4.69) is 17.2 Å². The van der Waals surface area contributed by atoms with Gasteiger partial charge in [0.05, 0.1) is 6.54 Å². The van der Waals surface area contributed by atoms with E-state index >= 15 is 0 Å². The van der Waals surface area contributed by atoms with E-state index in [1.54, 1.807) is 16.7 Å². The van der Waals surface area contributed by atoms with Crippen LogP contribution >= 0.6 is 11.8 Å². The first-order valence-corrected chi connectivity index (χ1v) is 11.9. The van der Waals surface area contributed by atoms with Crippen LogP contribution in [-0.4, -0.2) is 34.8 Å². The van der Waals surface area contributed by atoms with Crippen LogP contribution in [0.5, 0.6) is 0 Å². The lowest BCUT2D eigenvalue weighted by molar-refractivity contribution is -0.115. The first kappa shape index (κ1) is 24.6. The van der Waals surface area contributed by atoms with Gasteiger partial charge in [-0.15, -0.1) is 11.8 Å². The standard InChI is InChI=1S/C22H33N5O3S/c1-4-6-8-12-26(15-18(28)24-16-10-9-11-17(14-16)31-3)19-20(23)27(13-7-5-2)22(30)25-21(19)29/h9-11,14H,4-8,12-13,15,23H2,1-3H3,(H,24,28)(H,25,29,30). The molecule has 1 aromatic carbocycles. The number of nitrogens with two attached hydrogens (primary N) is 1. The SMILES string of the molecule is CCCCCN(CC(=O)Nc1cccc(SC)c1)c1c(N)n(CCCC)c(=O)[nH]c1=O. The maximum absolute atomic E-state index is 12.8. The first-order chi connectivity index (χ1) is 14.9. The van der Waals surface area contributed by atoms with Crippen LogP contribution in [0.4, 0.5) is 17.2 Å². The minimum atomic E-state index is -0.566. The number of H-pyrrole nitrogens is 1. The number of nitrogens with one attached hydrogen (secondary N) is 2. The molecule has 0 saturated heterocycles.